The van der Waals surface area contributed by atoms with Gasteiger partial charge in [-0.05, 0) is 43.9 Å². The fraction of sp³-hybridized carbons (Fsp3) is 1.00. The second kappa shape index (κ2) is 11.7. The first-order valence-corrected chi connectivity index (χ1v) is 11.9. The number of halogens is 2. The zero-order chi connectivity index (χ0) is 19.1. The maximum absolute atomic E-state index is 14.1. The van der Waals surface area contributed by atoms with Crippen LogP contribution < -0.4 is 0 Å². The SMILES string of the molecule is CCCCC(F)C(O)CCC1C(OP)CC2OC(C(Br)CCCC)CC21. The van der Waals surface area contributed by atoms with Crippen molar-refractivity contribution in [1.82, 2.24) is 0 Å². The summed E-state index contributed by atoms with van der Waals surface area (Å²) in [6, 6.07) is 0. The largest absolute Gasteiger partial charge is 0.390 e. The molecule has 2 rings (SSSR count). The molecule has 9 atom stereocenters. The van der Waals surface area contributed by atoms with E-state index >= 15 is 0 Å². The fourth-order valence-electron chi connectivity index (χ4n) is 4.67. The van der Waals surface area contributed by atoms with Gasteiger partial charge in [0.2, 0.25) is 0 Å². The first kappa shape index (κ1) is 23.0. The second-order valence-electron chi connectivity index (χ2n) is 8.15. The highest BCUT2D eigenvalue weighted by molar-refractivity contribution is 9.09. The zero-order valence-electron chi connectivity index (χ0n) is 16.3. The van der Waals surface area contributed by atoms with E-state index in [-0.39, 0.29) is 18.3 Å². The molecule has 1 aliphatic heterocycles. The van der Waals surface area contributed by atoms with Gasteiger partial charge in [-0.15, -0.1) is 0 Å². The van der Waals surface area contributed by atoms with E-state index in [9.17, 15) is 9.50 Å². The Kier molecular flexibility index (Phi) is 10.3. The van der Waals surface area contributed by atoms with Crippen LogP contribution in [0, 0.1) is 11.8 Å². The molecule has 2 aliphatic rings. The van der Waals surface area contributed by atoms with E-state index < -0.39 is 12.3 Å². The number of hydrogen-bond donors (Lipinski definition) is 1. The molecular formula is C20H37BrFO3P. The first-order valence-electron chi connectivity index (χ1n) is 10.5. The molecule has 3 nitrogen and oxygen atoms in total. The minimum Gasteiger partial charge on any atom is -0.390 e. The van der Waals surface area contributed by atoms with Crippen LogP contribution in [0.25, 0.3) is 0 Å². The lowest BCUT2D eigenvalue weighted by molar-refractivity contribution is 0.0314. The Balaban J connectivity index is 1.86. The summed E-state index contributed by atoms with van der Waals surface area (Å²) in [5.74, 6) is 0.814. The molecule has 26 heavy (non-hydrogen) atoms. The molecule has 9 unspecified atom stereocenters. The van der Waals surface area contributed by atoms with Crippen molar-refractivity contribution < 1.29 is 18.8 Å². The molecular weight excluding hydrogens is 418 g/mol. The zero-order valence-corrected chi connectivity index (χ0v) is 19.0. The van der Waals surface area contributed by atoms with Gasteiger partial charge >= 0.3 is 0 Å². The van der Waals surface area contributed by atoms with Crippen molar-refractivity contribution in [3.63, 3.8) is 0 Å². The number of alkyl halides is 2. The van der Waals surface area contributed by atoms with Crippen LogP contribution in [0.3, 0.4) is 0 Å². The van der Waals surface area contributed by atoms with Gasteiger partial charge in [0.25, 0.3) is 0 Å². The Morgan fingerprint density at radius 2 is 1.88 bits per heavy atom. The van der Waals surface area contributed by atoms with Crippen LogP contribution in [0.2, 0.25) is 0 Å². The van der Waals surface area contributed by atoms with Crippen molar-refractivity contribution in [2.45, 2.75) is 113 Å². The minimum atomic E-state index is -1.10. The van der Waals surface area contributed by atoms with Crippen LogP contribution in [0.5, 0.6) is 0 Å². The van der Waals surface area contributed by atoms with E-state index in [1.165, 1.54) is 12.8 Å². The molecule has 1 aliphatic carbocycles. The molecule has 0 spiro atoms. The lowest BCUT2D eigenvalue weighted by atomic mass is 9.85. The summed E-state index contributed by atoms with van der Waals surface area (Å²) in [4.78, 5) is 0.416. The van der Waals surface area contributed by atoms with Crippen LogP contribution >= 0.6 is 25.4 Å². The lowest BCUT2D eigenvalue weighted by Gasteiger charge is -2.26. The molecule has 2 fully saturated rings. The van der Waals surface area contributed by atoms with Gasteiger partial charge in [-0.1, -0.05) is 55.5 Å². The molecule has 0 radical (unpaired) electrons. The average Bonchev–Trinajstić information content (AvgIpc) is 3.19. The smallest absolute Gasteiger partial charge is 0.126 e. The predicted molar refractivity (Wildman–Crippen MR) is 111 cm³/mol. The first-order chi connectivity index (χ1) is 12.5. The fourth-order valence-corrected chi connectivity index (χ4v) is 5.65. The van der Waals surface area contributed by atoms with Gasteiger partial charge in [0, 0.05) is 20.7 Å². The van der Waals surface area contributed by atoms with Gasteiger partial charge in [0.1, 0.15) is 6.17 Å². The minimum absolute atomic E-state index is 0.140. The predicted octanol–water partition coefficient (Wildman–Crippen LogP) is 5.58. The van der Waals surface area contributed by atoms with E-state index in [1.54, 1.807) is 0 Å². The molecule has 0 amide bonds. The van der Waals surface area contributed by atoms with Crippen LogP contribution in [0.15, 0.2) is 0 Å². The summed E-state index contributed by atoms with van der Waals surface area (Å²) >= 11 is 3.82. The van der Waals surface area contributed by atoms with Crippen LogP contribution in [0.1, 0.15) is 78.1 Å². The van der Waals surface area contributed by atoms with Crippen LogP contribution in [0.4, 0.5) is 4.39 Å². The third-order valence-electron chi connectivity index (χ3n) is 6.28. The number of hydrogen-bond acceptors (Lipinski definition) is 3. The number of ether oxygens (including phenoxy) is 1. The Morgan fingerprint density at radius 3 is 2.54 bits per heavy atom. The Hall–Kier alpha value is 0.720. The summed E-state index contributed by atoms with van der Waals surface area (Å²) in [6.45, 7) is 4.26. The van der Waals surface area contributed by atoms with Gasteiger partial charge in [-0.2, -0.15) is 0 Å². The van der Waals surface area contributed by atoms with Gasteiger partial charge in [0.15, 0.2) is 0 Å². The Labute approximate surface area is 169 Å². The Bertz CT molecular complexity index is 403. The molecule has 6 heteroatoms. The molecule has 0 aromatic heterocycles. The number of aliphatic hydroxyl groups excluding tert-OH is 1. The number of rotatable bonds is 12. The highest BCUT2D eigenvalue weighted by atomic mass is 79.9. The molecule has 1 saturated carbocycles. The highest BCUT2D eigenvalue weighted by Crippen LogP contribution is 2.48. The van der Waals surface area contributed by atoms with Crippen molar-refractivity contribution in [2.24, 2.45) is 11.8 Å². The summed E-state index contributed by atoms with van der Waals surface area (Å²) < 4.78 is 26.0. The topological polar surface area (TPSA) is 38.7 Å². The number of fused-ring (bicyclic) bond motifs is 1. The quantitative estimate of drug-likeness (QED) is 0.309. The van der Waals surface area contributed by atoms with E-state index in [4.69, 9.17) is 9.26 Å². The van der Waals surface area contributed by atoms with Crippen molar-refractivity contribution in [2.75, 3.05) is 0 Å². The van der Waals surface area contributed by atoms with Gasteiger partial charge in [-0.3, -0.25) is 0 Å². The van der Waals surface area contributed by atoms with Crippen molar-refractivity contribution >= 4 is 25.4 Å². The highest BCUT2D eigenvalue weighted by Gasteiger charge is 2.50. The third kappa shape index (κ3) is 6.11. The van der Waals surface area contributed by atoms with E-state index in [0.717, 1.165) is 38.5 Å². The van der Waals surface area contributed by atoms with Crippen LogP contribution in [-0.2, 0) is 9.26 Å². The van der Waals surface area contributed by atoms with Crippen LogP contribution in [-0.4, -0.2) is 40.5 Å². The molecule has 1 heterocycles. The van der Waals surface area contributed by atoms with E-state index in [0.29, 0.717) is 29.5 Å². The number of aliphatic hydroxyl groups is 1. The van der Waals surface area contributed by atoms with Gasteiger partial charge in [-0.25, -0.2) is 4.39 Å². The summed E-state index contributed by atoms with van der Waals surface area (Å²) in [5, 5.41) is 10.2. The molecule has 0 aromatic rings. The Morgan fingerprint density at radius 1 is 1.19 bits per heavy atom. The summed E-state index contributed by atoms with van der Waals surface area (Å²) in [7, 11) is 2.39. The maximum atomic E-state index is 14.1. The van der Waals surface area contributed by atoms with E-state index in [1.807, 2.05) is 6.92 Å². The molecule has 1 N–H and O–H groups in total. The van der Waals surface area contributed by atoms with Gasteiger partial charge in [0.05, 0.1) is 24.4 Å². The monoisotopic (exact) mass is 454 g/mol. The number of unbranched alkanes of at least 4 members (excludes halogenated alkanes) is 2. The average molecular weight is 455 g/mol. The molecule has 0 aromatic carbocycles. The van der Waals surface area contributed by atoms with Crippen molar-refractivity contribution in [3.8, 4) is 0 Å². The van der Waals surface area contributed by atoms with Gasteiger partial charge < -0.3 is 14.4 Å². The normalized spacial score (nSPS) is 34.6. The molecule has 0 bridgehead atoms. The summed E-state index contributed by atoms with van der Waals surface area (Å²) in [6.07, 6.45) is 7.82. The van der Waals surface area contributed by atoms with E-state index in [2.05, 4.69) is 32.3 Å². The maximum Gasteiger partial charge on any atom is 0.126 e. The standard InChI is InChI=1S/C20H37BrFO3P/c1-3-5-7-15(21)20-11-14-13(19(25-26)12-18(14)24-20)9-10-17(23)16(22)8-6-4-2/h13-20,23H,3-12,26H2,1-2H3. The second-order valence-corrected chi connectivity index (χ2v) is 9.60. The summed E-state index contributed by atoms with van der Waals surface area (Å²) in [5.41, 5.74) is 0. The van der Waals surface area contributed by atoms with Crippen molar-refractivity contribution in [3.05, 3.63) is 0 Å². The molecule has 1 saturated heterocycles. The molecule has 154 valence electrons. The van der Waals surface area contributed by atoms with Crippen molar-refractivity contribution in [1.29, 1.82) is 0 Å². The lowest BCUT2D eigenvalue weighted by Crippen LogP contribution is -2.28. The third-order valence-corrected chi connectivity index (χ3v) is 7.68.